The highest BCUT2D eigenvalue weighted by Gasteiger charge is 2.37. The van der Waals surface area contributed by atoms with E-state index in [1.54, 1.807) is 17.1 Å². The summed E-state index contributed by atoms with van der Waals surface area (Å²) in [4.78, 5) is 13.9. The minimum absolute atomic E-state index is 0.0247. The molecule has 3 rings (SSSR count). The Bertz CT molecular complexity index is 729. The van der Waals surface area contributed by atoms with Crippen molar-refractivity contribution in [3.63, 3.8) is 0 Å². The number of aromatic nitrogens is 2. The molecule has 2 heterocycles. The van der Waals surface area contributed by atoms with Crippen LogP contribution in [-0.2, 0) is 6.18 Å². The van der Waals surface area contributed by atoms with Gasteiger partial charge in [-0.3, -0.25) is 9.48 Å². The number of carbonyl (C=O) groups excluding carboxylic acids is 1. The number of amides is 1. The number of benzene rings is 1. The molecule has 1 aromatic carbocycles. The van der Waals surface area contributed by atoms with Gasteiger partial charge in [0.2, 0.25) is 0 Å². The van der Waals surface area contributed by atoms with Crippen LogP contribution in [0.25, 0.3) is 0 Å². The van der Waals surface area contributed by atoms with Crippen molar-refractivity contribution in [1.82, 2.24) is 14.7 Å². The van der Waals surface area contributed by atoms with Crippen molar-refractivity contribution in [3.05, 3.63) is 52.3 Å². The van der Waals surface area contributed by atoms with Crippen molar-refractivity contribution in [2.45, 2.75) is 18.6 Å². The van der Waals surface area contributed by atoms with E-state index in [-0.39, 0.29) is 11.6 Å². The van der Waals surface area contributed by atoms with Crippen molar-refractivity contribution < 1.29 is 18.0 Å². The molecule has 2 aromatic rings. The van der Waals surface area contributed by atoms with Crippen LogP contribution in [0.15, 0.2) is 41.1 Å². The molecule has 1 atom stereocenters. The molecular weight excluding hydrogens is 375 g/mol. The zero-order valence-electron chi connectivity index (χ0n) is 11.9. The molecular formula is C15H13BrF3N3O. The zero-order valence-corrected chi connectivity index (χ0v) is 13.5. The third kappa shape index (κ3) is 3.26. The van der Waals surface area contributed by atoms with Crippen LogP contribution in [0.4, 0.5) is 13.2 Å². The third-order valence-electron chi connectivity index (χ3n) is 3.86. The van der Waals surface area contributed by atoms with Crippen LogP contribution in [0.5, 0.6) is 0 Å². The topological polar surface area (TPSA) is 38.1 Å². The van der Waals surface area contributed by atoms with Crippen LogP contribution >= 0.6 is 15.9 Å². The lowest BCUT2D eigenvalue weighted by atomic mass is 10.1. The molecule has 1 amide bonds. The summed E-state index contributed by atoms with van der Waals surface area (Å²) in [6.45, 7) is 0.756. The van der Waals surface area contributed by atoms with Crippen LogP contribution in [0, 0.1) is 0 Å². The van der Waals surface area contributed by atoms with Crippen molar-refractivity contribution >= 4 is 21.8 Å². The molecule has 1 aliphatic heterocycles. The van der Waals surface area contributed by atoms with Gasteiger partial charge in [-0.1, -0.05) is 12.1 Å². The smallest absolute Gasteiger partial charge is 0.336 e. The molecule has 0 bridgehead atoms. The van der Waals surface area contributed by atoms with Crippen molar-refractivity contribution in [2.75, 3.05) is 13.1 Å². The Kier molecular flexibility index (Phi) is 4.18. The maximum atomic E-state index is 13.0. The normalized spacial score (nSPS) is 18.4. The monoisotopic (exact) mass is 387 g/mol. The second-order valence-corrected chi connectivity index (χ2v) is 6.29. The lowest BCUT2D eigenvalue weighted by Crippen LogP contribution is -2.31. The third-order valence-corrected chi connectivity index (χ3v) is 4.27. The van der Waals surface area contributed by atoms with Gasteiger partial charge in [-0.2, -0.15) is 18.3 Å². The molecule has 1 saturated heterocycles. The average Bonchev–Trinajstić information content (AvgIpc) is 3.14. The first kappa shape index (κ1) is 16.0. The van der Waals surface area contributed by atoms with Crippen LogP contribution in [0.1, 0.15) is 28.4 Å². The predicted octanol–water partition coefficient (Wildman–Crippen LogP) is 3.75. The fourth-order valence-corrected chi connectivity index (χ4v) is 3.05. The van der Waals surface area contributed by atoms with Crippen LogP contribution in [-0.4, -0.2) is 33.7 Å². The van der Waals surface area contributed by atoms with Gasteiger partial charge in [-0.05, 0) is 34.5 Å². The molecule has 1 aliphatic rings. The standard InChI is InChI=1S/C15H13BrF3N3O/c16-10-7-20-22(8-10)11-5-6-21(9-11)14(23)12-3-1-2-4-13(12)15(17,18)19/h1-4,7-8,11H,5-6,9H2. The van der Waals surface area contributed by atoms with Gasteiger partial charge in [-0.15, -0.1) is 0 Å². The summed E-state index contributed by atoms with van der Waals surface area (Å²) in [7, 11) is 0. The van der Waals surface area contributed by atoms with Gasteiger partial charge in [0.25, 0.3) is 5.91 Å². The summed E-state index contributed by atoms with van der Waals surface area (Å²) >= 11 is 3.30. The molecule has 122 valence electrons. The van der Waals surface area contributed by atoms with Gasteiger partial charge in [0.15, 0.2) is 0 Å². The first-order valence-corrected chi connectivity index (χ1v) is 7.80. The zero-order chi connectivity index (χ0) is 16.6. The Labute approximate surface area is 139 Å². The molecule has 1 fully saturated rings. The highest BCUT2D eigenvalue weighted by Crippen LogP contribution is 2.33. The number of hydrogen-bond acceptors (Lipinski definition) is 2. The molecule has 0 saturated carbocycles. The largest absolute Gasteiger partial charge is 0.417 e. The minimum Gasteiger partial charge on any atom is -0.336 e. The van der Waals surface area contributed by atoms with Crippen molar-refractivity contribution in [3.8, 4) is 0 Å². The van der Waals surface area contributed by atoms with E-state index in [1.807, 2.05) is 0 Å². The fraction of sp³-hybridized carbons (Fsp3) is 0.333. The molecule has 0 radical (unpaired) electrons. The number of carbonyl (C=O) groups is 1. The number of halogens is 4. The van der Waals surface area contributed by atoms with Gasteiger partial charge in [0.1, 0.15) is 0 Å². The maximum Gasteiger partial charge on any atom is 0.417 e. The Morgan fingerprint density at radius 1 is 1.30 bits per heavy atom. The Morgan fingerprint density at radius 3 is 2.70 bits per heavy atom. The fourth-order valence-electron chi connectivity index (χ4n) is 2.74. The first-order chi connectivity index (χ1) is 10.9. The molecule has 1 unspecified atom stereocenters. The van der Waals surface area contributed by atoms with E-state index < -0.39 is 17.6 Å². The van der Waals surface area contributed by atoms with E-state index in [1.165, 1.54) is 23.1 Å². The van der Waals surface area contributed by atoms with E-state index in [0.717, 1.165) is 10.5 Å². The molecule has 0 N–H and O–H groups in total. The van der Waals surface area contributed by atoms with E-state index in [2.05, 4.69) is 21.0 Å². The molecule has 4 nitrogen and oxygen atoms in total. The van der Waals surface area contributed by atoms with Gasteiger partial charge in [-0.25, -0.2) is 0 Å². The highest BCUT2D eigenvalue weighted by atomic mass is 79.9. The summed E-state index contributed by atoms with van der Waals surface area (Å²) in [6, 6.07) is 4.87. The number of alkyl halides is 3. The summed E-state index contributed by atoms with van der Waals surface area (Å²) in [5, 5.41) is 4.17. The average molecular weight is 388 g/mol. The minimum atomic E-state index is -4.54. The van der Waals surface area contributed by atoms with Gasteiger partial charge < -0.3 is 4.90 Å². The summed E-state index contributed by atoms with van der Waals surface area (Å²) in [6.07, 6.45) is -0.446. The van der Waals surface area contributed by atoms with Crippen LogP contribution in [0.3, 0.4) is 0 Å². The van der Waals surface area contributed by atoms with Crippen molar-refractivity contribution in [1.29, 1.82) is 0 Å². The van der Waals surface area contributed by atoms with E-state index in [0.29, 0.717) is 19.5 Å². The lowest BCUT2D eigenvalue weighted by molar-refractivity contribution is -0.138. The molecule has 1 aromatic heterocycles. The quantitative estimate of drug-likeness (QED) is 0.786. The number of hydrogen-bond donors (Lipinski definition) is 0. The van der Waals surface area contributed by atoms with Crippen LogP contribution < -0.4 is 0 Å². The van der Waals surface area contributed by atoms with E-state index in [9.17, 15) is 18.0 Å². The lowest BCUT2D eigenvalue weighted by Gasteiger charge is -2.19. The SMILES string of the molecule is O=C(c1ccccc1C(F)(F)F)N1CCC(n2cc(Br)cn2)C1. The number of nitrogens with zero attached hydrogens (tertiary/aromatic N) is 3. The van der Waals surface area contributed by atoms with E-state index >= 15 is 0 Å². The molecule has 0 spiro atoms. The highest BCUT2D eigenvalue weighted by molar-refractivity contribution is 9.10. The summed E-state index contributed by atoms with van der Waals surface area (Å²) in [5.41, 5.74) is -1.20. The predicted molar refractivity (Wildman–Crippen MR) is 80.9 cm³/mol. The molecule has 8 heteroatoms. The van der Waals surface area contributed by atoms with E-state index in [4.69, 9.17) is 0 Å². The number of rotatable bonds is 2. The summed E-state index contributed by atoms with van der Waals surface area (Å²) < 4.78 is 41.7. The first-order valence-electron chi connectivity index (χ1n) is 7.01. The molecule has 23 heavy (non-hydrogen) atoms. The Morgan fingerprint density at radius 2 is 2.04 bits per heavy atom. The maximum absolute atomic E-state index is 13.0. The Hall–Kier alpha value is -1.83. The second-order valence-electron chi connectivity index (χ2n) is 5.38. The summed E-state index contributed by atoms with van der Waals surface area (Å²) in [5.74, 6) is -0.591. The Balaban J connectivity index is 1.80. The van der Waals surface area contributed by atoms with Gasteiger partial charge in [0.05, 0.1) is 27.8 Å². The van der Waals surface area contributed by atoms with Crippen LogP contribution in [0.2, 0.25) is 0 Å². The van der Waals surface area contributed by atoms with Gasteiger partial charge >= 0.3 is 6.18 Å². The van der Waals surface area contributed by atoms with Gasteiger partial charge in [0, 0.05) is 19.3 Å². The molecule has 0 aliphatic carbocycles. The van der Waals surface area contributed by atoms with Crippen molar-refractivity contribution in [2.24, 2.45) is 0 Å². The number of likely N-dealkylation sites (tertiary alicyclic amines) is 1. The second kappa shape index (κ2) is 5.99.